The summed E-state index contributed by atoms with van der Waals surface area (Å²) in [5.41, 5.74) is 4.23. The van der Waals surface area contributed by atoms with Gasteiger partial charge in [0.15, 0.2) is 0 Å². The second-order valence-corrected chi connectivity index (χ2v) is 9.43. The summed E-state index contributed by atoms with van der Waals surface area (Å²) in [6.45, 7) is 11.0. The molecule has 0 saturated carbocycles. The number of ether oxygens (including phenoxy) is 1. The number of hydrogen-bond acceptors (Lipinski definition) is 3. The van der Waals surface area contributed by atoms with E-state index in [1.54, 1.807) is 12.1 Å². The number of hydrogen-bond donors (Lipinski definition) is 0. The van der Waals surface area contributed by atoms with E-state index in [0.717, 1.165) is 77.2 Å². The van der Waals surface area contributed by atoms with Gasteiger partial charge in [-0.1, -0.05) is 18.2 Å². The molecule has 2 aromatic rings. The molecule has 2 heterocycles. The fraction of sp³-hybridized carbons (Fsp3) is 0.556. The first-order valence-corrected chi connectivity index (χ1v) is 12.0. The van der Waals surface area contributed by atoms with Crippen LogP contribution in [0.15, 0.2) is 42.5 Å². The summed E-state index contributed by atoms with van der Waals surface area (Å²) in [7, 11) is 0. The molecule has 168 valence electrons. The van der Waals surface area contributed by atoms with Gasteiger partial charge in [0.25, 0.3) is 0 Å². The molecule has 31 heavy (non-hydrogen) atoms. The highest BCUT2D eigenvalue weighted by Crippen LogP contribution is 2.28. The standard InChI is InChI=1S/C27H37FN2O/c1-21(2)30-17-12-23-6-9-27(20-25(23)13-18-30)31-19-3-14-29-15-10-24(11-16-29)22-4-7-26(28)8-5-22/h4-9,20-21,24H,3,10-19H2,1-2H3. The van der Waals surface area contributed by atoms with E-state index in [1.165, 1.54) is 16.7 Å². The van der Waals surface area contributed by atoms with Crippen LogP contribution in [0.3, 0.4) is 0 Å². The number of nitrogens with zero attached hydrogens (tertiary/aromatic N) is 2. The van der Waals surface area contributed by atoms with Crippen molar-refractivity contribution in [3.63, 3.8) is 0 Å². The zero-order valence-electron chi connectivity index (χ0n) is 19.2. The number of benzene rings is 2. The molecule has 1 fully saturated rings. The maximum atomic E-state index is 13.1. The lowest BCUT2D eigenvalue weighted by Crippen LogP contribution is -2.34. The Hall–Kier alpha value is -1.91. The van der Waals surface area contributed by atoms with Crippen molar-refractivity contribution < 1.29 is 9.13 Å². The quantitative estimate of drug-likeness (QED) is 0.562. The second kappa shape index (κ2) is 10.6. The molecular formula is C27H37FN2O. The third-order valence-electron chi connectivity index (χ3n) is 7.06. The molecule has 3 nitrogen and oxygen atoms in total. The molecule has 0 radical (unpaired) electrons. The number of piperidine rings is 1. The maximum Gasteiger partial charge on any atom is 0.123 e. The summed E-state index contributed by atoms with van der Waals surface area (Å²) in [6.07, 6.45) is 5.63. The fourth-order valence-electron chi connectivity index (χ4n) is 5.03. The number of rotatable bonds is 7. The predicted molar refractivity (Wildman–Crippen MR) is 125 cm³/mol. The van der Waals surface area contributed by atoms with Crippen molar-refractivity contribution >= 4 is 0 Å². The van der Waals surface area contributed by atoms with Gasteiger partial charge in [0, 0.05) is 25.7 Å². The average molecular weight is 425 g/mol. The normalized spacial score (nSPS) is 18.7. The molecule has 4 heteroatoms. The number of likely N-dealkylation sites (tertiary alicyclic amines) is 1. The highest BCUT2D eigenvalue weighted by Gasteiger charge is 2.20. The lowest BCUT2D eigenvalue weighted by Gasteiger charge is -2.32. The van der Waals surface area contributed by atoms with Crippen molar-refractivity contribution in [3.05, 3.63) is 65.0 Å². The minimum Gasteiger partial charge on any atom is -0.494 e. The molecular weight excluding hydrogens is 387 g/mol. The Balaban J connectivity index is 1.18. The largest absolute Gasteiger partial charge is 0.494 e. The van der Waals surface area contributed by atoms with E-state index >= 15 is 0 Å². The van der Waals surface area contributed by atoms with E-state index in [1.807, 2.05) is 12.1 Å². The van der Waals surface area contributed by atoms with Crippen LogP contribution >= 0.6 is 0 Å². The van der Waals surface area contributed by atoms with E-state index in [2.05, 4.69) is 41.8 Å². The smallest absolute Gasteiger partial charge is 0.123 e. The van der Waals surface area contributed by atoms with E-state index in [-0.39, 0.29) is 5.82 Å². The topological polar surface area (TPSA) is 15.7 Å². The van der Waals surface area contributed by atoms with Gasteiger partial charge in [-0.05, 0) is 106 Å². The Bertz CT molecular complexity index is 828. The molecule has 0 unspecified atom stereocenters. The molecule has 0 N–H and O–H groups in total. The first-order chi connectivity index (χ1) is 15.1. The van der Waals surface area contributed by atoms with Gasteiger partial charge >= 0.3 is 0 Å². The van der Waals surface area contributed by atoms with E-state index < -0.39 is 0 Å². The third kappa shape index (κ3) is 6.08. The molecule has 0 bridgehead atoms. The maximum absolute atomic E-state index is 13.1. The van der Waals surface area contributed by atoms with Crippen LogP contribution in [0.1, 0.15) is 55.7 Å². The van der Waals surface area contributed by atoms with Crippen LogP contribution in [0.25, 0.3) is 0 Å². The van der Waals surface area contributed by atoms with Crippen LogP contribution in [0.4, 0.5) is 4.39 Å². The zero-order chi connectivity index (χ0) is 21.6. The lowest BCUT2D eigenvalue weighted by atomic mass is 9.89. The Morgan fingerprint density at radius 1 is 0.935 bits per heavy atom. The van der Waals surface area contributed by atoms with E-state index in [0.29, 0.717) is 12.0 Å². The molecule has 0 aromatic heterocycles. The van der Waals surface area contributed by atoms with Crippen molar-refractivity contribution in [2.45, 2.75) is 57.9 Å². The van der Waals surface area contributed by atoms with Crippen molar-refractivity contribution in [2.75, 3.05) is 39.3 Å². The van der Waals surface area contributed by atoms with Gasteiger partial charge < -0.3 is 14.5 Å². The number of halogens is 1. The van der Waals surface area contributed by atoms with Crippen LogP contribution < -0.4 is 4.74 Å². The Morgan fingerprint density at radius 3 is 2.35 bits per heavy atom. The van der Waals surface area contributed by atoms with Gasteiger partial charge in [-0.3, -0.25) is 0 Å². The zero-order valence-corrected chi connectivity index (χ0v) is 19.2. The van der Waals surface area contributed by atoms with Gasteiger partial charge in [0.2, 0.25) is 0 Å². The average Bonchev–Trinajstić information content (AvgIpc) is 3.00. The molecule has 0 spiro atoms. The van der Waals surface area contributed by atoms with Crippen LogP contribution in [0, 0.1) is 5.82 Å². The summed E-state index contributed by atoms with van der Waals surface area (Å²) >= 11 is 0. The van der Waals surface area contributed by atoms with Crippen LogP contribution in [-0.4, -0.2) is 55.2 Å². The van der Waals surface area contributed by atoms with Crippen LogP contribution in [0.5, 0.6) is 5.75 Å². The van der Waals surface area contributed by atoms with Gasteiger partial charge in [0.05, 0.1) is 6.61 Å². The highest BCUT2D eigenvalue weighted by molar-refractivity contribution is 5.37. The molecule has 4 rings (SSSR count). The third-order valence-corrected chi connectivity index (χ3v) is 7.06. The summed E-state index contributed by atoms with van der Waals surface area (Å²) in [6, 6.07) is 14.4. The summed E-state index contributed by atoms with van der Waals surface area (Å²) in [4.78, 5) is 5.11. The minimum absolute atomic E-state index is 0.145. The monoisotopic (exact) mass is 424 g/mol. The number of fused-ring (bicyclic) bond motifs is 1. The minimum atomic E-state index is -0.145. The molecule has 0 aliphatic carbocycles. The highest BCUT2D eigenvalue weighted by atomic mass is 19.1. The molecule has 2 aromatic carbocycles. The first kappa shape index (κ1) is 22.3. The van der Waals surface area contributed by atoms with Crippen molar-refractivity contribution in [3.8, 4) is 5.75 Å². The second-order valence-electron chi connectivity index (χ2n) is 9.43. The molecule has 2 aliphatic heterocycles. The Kier molecular flexibility index (Phi) is 7.62. The van der Waals surface area contributed by atoms with Crippen molar-refractivity contribution in [1.82, 2.24) is 9.80 Å². The summed E-state index contributed by atoms with van der Waals surface area (Å²) in [5, 5.41) is 0. The first-order valence-electron chi connectivity index (χ1n) is 12.0. The van der Waals surface area contributed by atoms with Crippen molar-refractivity contribution in [2.24, 2.45) is 0 Å². The van der Waals surface area contributed by atoms with E-state index in [4.69, 9.17) is 4.74 Å². The van der Waals surface area contributed by atoms with E-state index in [9.17, 15) is 4.39 Å². The van der Waals surface area contributed by atoms with Gasteiger partial charge in [-0.15, -0.1) is 0 Å². The van der Waals surface area contributed by atoms with Crippen molar-refractivity contribution in [1.29, 1.82) is 0 Å². The fourth-order valence-corrected chi connectivity index (χ4v) is 5.03. The van der Waals surface area contributed by atoms with Gasteiger partial charge in [0.1, 0.15) is 11.6 Å². The Labute approximate surface area is 187 Å². The molecule has 2 aliphatic rings. The van der Waals surface area contributed by atoms with Gasteiger partial charge in [-0.2, -0.15) is 0 Å². The summed E-state index contributed by atoms with van der Waals surface area (Å²) in [5.74, 6) is 1.44. The lowest BCUT2D eigenvalue weighted by molar-refractivity contribution is 0.193. The molecule has 1 saturated heterocycles. The molecule has 0 amide bonds. The van der Waals surface area contributed by atoms with Crippen LogP contribution in [0.2, 0.25) is 0 Å². The Morgan fingerprint density at radius 2 is 1.65 bits per heavy atom. The molecule has 0 atom stereocenters. The van der Waals surface area contributed by atoms with Crippen LogP contribution in [-0.2, 0) is 12.8 Å². The predicted octanol–water partition coefficient (Wildman–Crippen LogP) is 5.28. The summed E-state index contributed by atoms with van der Waals surface area (Å²) < 4.78 is 19.2. The van der Waals surface area contributed by atoms with Gasteiger partial charge in [-0.25, -0.2) is 4.39 Å². The SMILES string of the molecule is CC(C)N1CCc2ccc(OCCCN3CCC(c4ccc(F)cc4)CC3)cc2CC1.